The van der Waals surface area contributed by atoms with E-state index >= 15 is 0 Å². The van der Waals surface area contributed by atoms with Crippen molar-refractivity contribution in [2.24, 2.45) is 0 Å². The Labute approximate surface area is 453 Å². The van der Waals surface area contributed by atoms with Crippen LogP contribution in [0.5, 0.6) is 0 Å². The first kappa shape index (κ1) is 69.8. The van der Waals surface area contributed by atoms with Gasteiger partial charge in [-0.3, -0.25) is 14.4 Å². The first-order valence-electron chi connectivity index (χ1n) is 31.4. The van der Waals surface area contributed by atoms with Crippen LogP contribution in [0, 0.1) is 0 Å². The molecule has 0 aliphatic carbocycles. The Morgan fingerprint density at radius 2 is 0.548 bits per heavy atom. The number of hydrogen-bond donors (Lipinski definition) is 0. The molecule has 0 spiro atoms. The van der Waals surface area contributed by atoms with Crippen LogP contribution in [-0.4, -0.2) is 37.2 Å². The summed E-state index contributed by atoms with van der Waals surface area (Å²) in [6, 6.07) is 0. The number of carbonyl (C=O) groups is 3. The molecule has 73 heavy (non-hydrogen) atoms. The van der Waals surface area contributed by atoms with Gasteiger partial charge in [0, 0.05) is 19.3 Å². The Kier molecular flexibility index (Phi) is 58.7. The van der Waals surface area contributed by atoms with Crippen LogP contribution >= 0.6 is 0 Å². The van der Waals surface area contributed by atoms with E-state index in [2.05, 4.69) is 93.7 Å². The number of ether oxygens (including phenoxy) is 3. The van der Waals surface area contributed by atoms with Crippen LogP contribution in [0.25, 0.3) is 0 Å². The molecule has 0 radical (unpaired) electrons. The van der Waals surface area contributed by atoms with Crippen LogP contribution in [-0.2, 0) is 28.6 Å². The normalized spacial score (nSPS) is 12.5. The fraction of sp³-hybridized carbons (Fsp3) is 0.776. The summed E-state index contributed by atoms with van der Waals surface area (Å²) in [5.74, 6) is -0.960. The van der Waals surface area contributed by atoms with Crippen LogP contribution in [0.3, 0.4) is 0 Å². The zero-order chi connectivity index (χ0) is 52.9. The van der Waals surface area contributed by atoms with E-state index in [9.17, 15) is 14.4 Å². The molecule has 0 aromatic heterocycles. The minimum Gasteiger partial charge on any atom is -0.462 e. The summed E-state index contributed by atoms with van der Waals surface area (Å²) in [5.41, 5.74) is 0. The van der Waals surface area contributed by atoms with E-state index in [1.165, 1.54) is 186 Å². The molecule has 0 N–H and O–H groups in total. The summed E-state index contributed by atoms with van der Waals surface area (Å²) >= 11 is 0. The topological polar surface area (TPSA) is 78.9 Å². The predicted molar refractivity (Wildman–Crippen MR) is 316 cm³/mol. The van der Waals surface area contributed by atoms with Gasteiger partial charge in [-0.1, -0.05) is 286 Å². The predicted octanol–water partition coefficient (Wildman–Crippen LogP) is 21.3. The van der Waals surface area contributed by atoms with Crippen molar-refractivity contribution in [2.75, 3.05) is 13.2 Å². The third kappa shape index (κ3) is 59.6. The SMILES string of the molecule is CC/C=C\C/C=C\C/C=C\C/C=C\C/C=C\CCCC(=O)OC(COC(=O)CCCCCCC)COC(=O)CCCCCCCCCCCCCCCCCCCCCCC/C=C\CCCCCCCCCC. The maximum Gasteiger partial charge on any atom is 0.306 e. The molecule has 1 unspecified atom stereocenters. The maximum atomic E-state index is 12.7. The van der Waals surface area contributed by atoms with E-state index in [1.54, 1.807) is 0 Å². The number of hydrogen-bond acceptors (Lipinski definition) is 6. The number of allylic oxidation sites excluding steroid dienone is 12. The van der Waals surface area contributed by atoms with E-state index in [4.69, 9.17) is 14.2 Å². The third-order valence-corrected chi connectivity index (χ3v) is 13.7. The zero-order valence-electron chi connectivity index (χ0n) is 48.4. The van der Waals surface area contributed by atoms with Gasteiger partial charge in [-0.2, -0.15) is 0 Å². The number of rotatable bonds is 57. The van der Waals surface area contributed by atoms with Crippen molar-refractivity contribution in [1.29, 1.82) is 0 Å². The van der Waals surface area contributed by atoms with Crippen molar-refractivity contribution in [2.45, 2.75) is 322 Å². The lowest BCUT2D eigenvalue weighted by atomic mass is 10.0. The smallest absolute Gasteiger partial charge is 0.306 e. The summed E-state index contributed by atoms with van der Waals surface area (Å²) in [7, 11) is 0. The molecule has 6 nitrogen and oxygen atoms in total. The van der Waals surface area contributed by atoms with Crippen LogP contribution in [0.1, 0.15) is 316 Å². The molecule has 0 saturated carbocycles. The van der Waals surface area contributed by atoms with Gasteiger partial charge in [-0.25, -0.2) is 0 Å². The van der Waals surface area contributed by atoms with Crippen LogP contribution in [0.2, 0.25) is 0 Å². The number of carbonyl (C=O) groups excluding carboxylic acids is 3. The molecule has 1 atom stereocenters. The monoisotopic (exact) mass is 1020 g/mol. The lowest BCUT2D eigenvalue weighted by Gasteiger charge is -2.18. The standard InChI is InChI=1S/C67H118O6/c1-4-7-10-13-15-17-19-21-23-25-26-27-28-29-30-31-32-33-34-35-36-37-38-39-40-42-43-45-47-49-51-54-57-60-66(69)72-63-64(62-71-65(68)59-56-53-12-9-6-3)73-67(70)61-58-55-52-50-48-46-44-41-24-22-20-18-16-14-11-8-5-2/h8,11,16,18,22,24-26,44,46,50,52,64H,4-7,9-10,12-15,17,19-21,23,27-43,45,47-49,51,53-63H2,1-3H3/b11-8-,18-16-,24-22-,26-25-,46-44-,52-50-. The molecule has 0 aliphatic heterocycles. The Morgan fingerprint density at radius 3 is 0.890 bits per heavy atom. The molecular formula is C67H118O6. The van der Waals surface area contributed by atoms with Gasteiger partial charge < -0.3 is 14.2 Å². The van der Waals surface area contributed by atoms with Crippen molar-refractivity contribution in [3.05, 3.63) is 72.9 Å². The average molecular weight is 1020 g/mol. The summed E-state index contributed by atoms with van der Waals surface area (Å²) < 4.78 is 16.7. The molecule has 6 heteroatoms. The largest absolute Gasteiger partial charge is 0.462 e. The van der Waals surface area contributed by atoms with Crippen molar-refractivity contribution >= 4 is 17.9 Å². The van der Waals surface area contributed by atoms with Gasteiger partial charge in [-0.15, -0.1) is 0 Å². The Morgan fingerprint density at radius 1 is 0.288 bits per heavy atom. The highest BCUT2D eigenvalue weighted by atomic mass is 16.6. The van der Waals surface area contributed by atoms with Crippen molar-refractivity contribution in [3.63, 3.8) is 0 Å². The zero-order valence-corrected chi connectivity index (χ0v) is 48.4. The fourth-order valence-corrected chi connectivity index (χ4v) is 9.00. The van der Waals surface area contributed by atoms with Gasteiger partial charge in [0.15, 0.2) is 6.10 Å². The van der Waals surface area contributed by atoms with Crippen molar-refractivity contribution in [3.8, 4) is 0 Å². The van der Waals surface area contributed by atoms with Crippen LogP contribution in [0.4, 0.5) is 0 Å². The lowest BCUT2D eigenvalue weighted by Crippen LogP contribution is -2.30. The molecule has 0 aromatic rings. The molecule has 0 rings (SSSR count). The van der Waals surface area contributed by atoms with Gasteiger partial charge >= 0.3 is 17.9 Å². The van der Waals surface area contributed by atoms with Gasteiger partial charge in [0.1, 0.15) is 13.2 Å². The first-order chi connectivity index (χ1) is 36.0. The summed E-state index contributed by atoms with van der Waals surface area (Å²) in [5, 5.41) is 0. The highest BCUT2D eigenvalue weighted by molar-refractivity contribution is 5.71. The second-order valence-corrected chi connectivity index (χ2v) is 20.9. The van der Waals surface area contributed by atoms with Crippen LogP contribution in [0.15, 0.2) is 72.9 Å². The van der Waals surface area contributed by atoms with E-state index in [0.29, 0.717) is 19.3 Å². The third-order valence-electron chi connectivity index (χ3n) is 13.7. The van der Waals surface area contributed by atoms with E-state index < -0.39 is 6.10 Å². The van der Waals surface area contributed by atoms with E-state index in [0.717, 1.165) is 83.5 Å². The summed E-state index contributed by atoms with van der Waals surface area (Å²) in [4.78, 5) is 37.8. The molecule has 422 valence electrons. The minimum absolute atomic E-state index is 0.0958. The highest BCUT2D eigenvalue weighted by Gasteiger charge is 2.19. The number of esters is 3. The number of unbranched alkanes of at least 4 members (excludes halogenated alkanes) is 34. The first-order valence-corrected chi connectivity index (χ1v) is 31.4. The second-order valence-electron chi connectivity index (χ2n) is 20.9. The van der Waals surface area contributed by atoms with Crippen molar-refractivity contribution in [1.82, 2.24) is 0 Å². The summed E-state index contributed by atoms with van der Waals surface area (Å²) in [6.45, 7) is 6.42. The van der Waals surface area contributed by atoms with Gasteiger partial charge in [0.25, 0.3) is 0 Å². The van der Waals surface area contributed by atoms with E-state index in [-0.39, 0.29) is 37.5 Å². The van der Waals surface area contributed by atoms with Crippen molar-refractivity contribution < 1.29 is 28.6 Å². The quantitative estimate of drug-likeness (QED) is 0.0261. The molecule has 0 fully saturated rings. The molecule has 0 aromatic carbocycles. The van der Waals surface area contributed by atoms with Gasteiger partial charge in [0.2, 0.25) is 0 Å². The fourth-order valence-electron chi connectivity index (χ4n) is 9.00. The Balaban J connectivity index is 3.96. The second kappa shape index (κ2) is 61.4. The minimum atomic E-state index is -0.800. The maximum absolute atomic E-state index is 12.7. The van der Waals surface area contributed by atoms with Gasteiger partial charge in [-0.05, 0) is 83.5 Å². The molecule has 0 amide bonds. The summed E-state index contributed by atoms with van der Waals surface area (Å²) in [6.07, 6.45) is 79.9. The molecule has 0 heterocycles. The highest BCUT2D eigenvalue weighted by Crippen LogP contribution is 2.17. The van der Waals surface area contributed by atoms with Gasteiger partial charge in [0.05, 0.1) is 0 Å². The molecular weight excluding hydrogens is 901 g/mol. The molecule has 0 saturated heterocycles. The molecule has 0 aliphatic rings. The Hall–Kier alpha value is -3.15. The molecule has 0 bridgehead atoms. The van der Waals surface area contributed by atoms with E-state index in [1.807, 2.05) is 0 Å². The lowest BCUT2D eigenvalue weighted by molar-refractivity contribution is -0.167. The van der Waals surface area contributed by atoms with Crippen LogP contribution < -0.4 is 0 Å². The average Bonchev–Trinajstić information content (AvgIpc) is 3.39. The Bertz CT molecular complexity index is 1360.